The van der Waals surface area contributed by atoms with Crippen LogP contribution in [0.4, 0.5) is 0 Å². The van der Waals surface area contributed by atoms with Crippen molar-refractivity contribution in [3.63, 3.8) is 0 Å². The fourth-order valence-electron chi connectivity index (χ4n) is 7.22. The summed E-state index contributed by atoms with van der Waals surface area (Å²) in [6.45, 7) is 0. The van der Waals surface area contributed by atoms with Crippen molar-refractivity contribution in [2.45, 2.75) is 0 Å². The van der Waals surface area contributed by atoms with E-state index in [0.29, 0.717) is 5.56 Å². The van der Waals surface area contributed by atoms with Gasteiger partial charge in [0.15, 0.2) is 0 Å². The highest BCUT2D eigenvalue weighted by molar-refractivity contribution is 6.11. The van der Waals surface area contributed by atoms with Gasteiger partial charge in [-0.3, -0.25) is 0 Å². The molecule has 0 fully saturated rings. The summed E-state index contributed by atoms with van der Waals surface area (Å²) >= 11 is 0. The Morgan fingerprint density at radius 1 is 0.413 bits per heavy atom. The van der Waals surface area contributed by atoms with Gasteiger partial charge in [0.25, 0.3) is 0 Å². The average Bonchev–Trinajstić information content (AvgIpc) is 3.64. The standard InChI is InChI=1S/C43H27N3/c44-28-29-25-31(27-32(26-29)45-38-20-8-4-15-34(38)35-16-5-9-21-39(35)45)33-19-12-24-42(43(33)30-13-2-1-3-14-30)46-40-22-10-6-17-36(40)37-18-7-11-23-41(37)46/h1-27H. The Morgan fingerprint density at radius 3 is 1.46 bits per heavy atom. The number of rotatable bonds is 4. The first kappa shape index (κ1) is 26.1. The molecule has 0 unspecified atom stereocenters. The molecule has 214 valence electrons. The molecule has 0 aliphatic rings. The fourth-order valence-corrected chi connectivity index (χ4v) is 7.22. The van der Waals surface area contributed by atoms with Crippen molar-refractivity contribution in [3.8, 4) is 39.7 Å². The van der Waals surface area contributed by atoms with Crippen LogP contribution in [0.25, 0.3) is 77.2 Å². The Balaban J connectivity index is 1.37. The lowest BCUT2D eigenvalue weighted by molar-refractivity contribution is 1.17. The van der Waals surface area contributed by atoms with Crippen molar-refractivity contribution >= 4 is 43.6 Å². The largest absolute Gasteiger partial charge is 0.309 e. The van der Waals surface area contributed by atoms with Gasteiger partial charge in [-0.15, -0.1) is 0 Å². The maximum Gasteiger partial charge on any atom is 0.0992 e. The minimum atomic E-state index is 0.621. The first-order valence-electron chi connectivity index (χ1n) is 15.5. The van der Waals surface area contributed by atoms with Crippen LogP contribution >= 0.6 is 0 Å². The summed E-state index contributed by atoms with van der Waals surface area (Å²) in [6.07, 6.45) is 0. The van der Waals surface area contributed by atoms with Crippen molar-refractivity contribution in [2.24, 2.45) is 0 Å². The van der Waals surface area contributed by atoms with E-state index in [0.717, 1.165) is 55.7 Å². The van der Waals surface area contributed by atoms with Crippen LogP contribution in [0.5, 0.6) is 0 Å². The van der Waals surface area contributed by atoms with E-state index in [1.807, 2.05) is 12.1 Å². The second-order valence-electron chi connectivity index (χ2n) is 11.7. The van der Waals surface area contributed by atoms with Crippen molar-refractivity contribution in [1.29, 1.82) is 5.26 Å². The van der Waals surface area contributed by atoms with E-state index in [1.165, 1.54) is 21.5 Å². The summed E-state index contributed by atoms with van der Waals surface area (Å²) in [7, 11) is 0. The molecule has 0 radical (unpaired) electrons. The second-order valence-corrected chi connectivity index (χ2v) is 11.7. The van der Waals surface area contributed by atoms with Crippen molar-refractivity contribution in [1.82, 2.24) is 9.13 Å². The fraction of sp³-hybridized carbons (Fsp3) is 0. The summed E-state index contributed by atoms with van der Waals surface area (Å²) in [5.74, 6) is 0. The van der Waals surface area contributed by atoms with Gasteiger partial charge in [-0.05, 0) is 65.2 Å². The summed E-state index contributed by atoms with van der Waals surface area (Å²) in [4.78, 5) is 0. The molecule has 0 atom stereocenters. The molecule has 3 nitrogen and oxygen atoms in total. The maximum atomic E-state index is 10.3. The zero-order valence-electron chi connectivity index (χ0n) is 24.9. The molecule has 0 bridgehead atoms. The monoisotopic (exact) mass is 585 g/mol. The molecule has 0 aliphatic carbocycles. The number of hydrogen-bond donors (Lipinski definition) is 0. The van der Waals surface area contributed by atoms with E-state index >= 15 is 0 Å². The van der Waals surface area contributed by atoms with Gasteiger partial charge < -0.3 is 9.13 Å². The SMILES string of the molecule is N#Cc1cc(-c2cccc(-n3c4ccccc4c4ccccc43)c2-c2ccccc2)cc(-n2c3ccccc3c3ccccc32)c1. The summed E-state index contributed by atoms with van der Waals surface area (Å²) in [5, 5.41) is 15.2. The molecule has 2 heterocycles. The highest BCUT2D eigenvalue weighted by atomic mass is 15.0. The van der Waals surface area contributed by atoms with Crippen LogP contribution in [-0.2, 0) is 0 Å². The van der Waals surface area contributed by atoms with E-state index in [2.05, 4.69) is 167 Å². The molecule has 0 amide bonds. The van der Waals surface area contributed by atoms with Crippen LogP contribution in [0.2, 0.25) is 0 Å². The summed E-state index contributed by atoms with van der Waals surface area (Å²) < 4.78 is 4.67. The number of para-hydroxylation sites is 4. The number of nitrogens with zero attached hydrogens (tertiary/aromatic N) is 3. The quantitative estimate of drug-likeness (QED) is 0.202. The normalized spacial score (nSPS) is 11.5. The molecular weight excluding hydrogens is 558 g/mol. The number of fused-ring (bicyclic) bond motifs is 6. The number of hydrogen-bond acceptors (Lipinski definition) is 1. The molecule has 2 aromatic heterocycles. The van der Waals surface area contributed by atoms with Crippen molar-refractivity contribution < 1.29 is 0 Å². The van der Waals surface area contributed by atoms with Crippen LogP contribution in [-0.4, -0.2) is 9.13 Å². The molecule has 0 spiro atoms. The third kappa shape index (κ3) is 3.91. The highest BCUT2D eigenvalue weighted by Crippen LogP contribution is 2.42. The highest BCUT2D eigenvalue weighted by Gasteiger charge is 2.20. The van der Waals surface area contributed by atoms with E-state index in [9.17, 15) is 5.26 Å². The molecule has 9 aromatic rings. The lowest BCUT2D eigenvalue weighted by atomic mass is 9.91. The van der Waals surface area contributed by atoms with Crippen LogP contribution < -0.4 is 0 Å². The van der Waals surface area contributed by atoms with Gasteiger partial charge >= 0.3 is 0 Å². The van der Waals surface area contributed by atoms with Gasteiger partial charge in [-0.1, -0.05) is 115 Å². The minimum Gasteiger partial charge on any atom is -0.309 e. The Morgan fingerprint density at radius 2 is 0.913 bits per heavy atom. The van der Waals surface area contributed by atoms with Gasteiger partial charge in [-0.2, -0.15) is 5.26 Å². The Bertz CT molecular complexity index is 2540. The third-order valence-electron chi connectivity index (χ3n) is 9.12. The van der Waals surface area contributed by atoms with E-state index < -0.39 is 0 Å². The van der Waals surface area contributed by atoms with Gasteiger partial charge in [0.05, 0.1) is 39.4 Å². The number of aromatic nitrogens is 2. The maximum absolute atomic E-state index is 10.3. The van der Waals surface area contributed by atoms with Gasteiger partial charge in [0.1, 0.15) is 0 Å². The summed E-state index contributed by atoms with van der Waals surface area (Å²) in [6, 6.07) is 60.1. The van der Waals surface area contributed by atoms with Crippen LogP contribution in [0.3, 0.4) is 0 Å². The van der Waals surface area contributed by atoms with Gasteiger partial charge in [0.2, 0.25) is 0 Å². The predicted octanol–water partition coefficient (Wildman–Crippen LogP) is 11.1. The molecule has 0 aliphatic heterocycles. The molecule has 46 heavy (non-hydrogen) atoms. The lowest BCUT2D eigenvalue weighted by Gasteiger charge is -2.19. The number of nitriles is 1. The molecule has 3 heteroatoms. The van der Waals surface area contributed by atoms with E-state index in [4.69, 9.17) is 0 Å². The van der Waals surface area contributed by atoms with Crippen molar-refractivity contribution in [2.75, 3.05) is 0 Å². The molecule has 0 saturated carbocycles. The Kier molecular flexibility index (Phi) is 5.88. The Labute approximate surface area is 266 Å². The summed E-state index contributed by atoms with van der Waals surface area (Å²) in [5.41, 5.74) is 11.6. The molecule has 9 rings (SSSR count). The number of benzene rings is 7. The van der Waals surface area contributed by atoms with Crippen LogP contribution in [0.1, 0.15) is 5.56 Å². The topological polar surface area (TPSA) is 33.6 Å². The predicted molar refractivity (Wildman–Crippen MR) is 191 cm³/mol. The molecular formula is C43H27N3. The zero-order valence-corrected chi connectivity index (χ0v) is 24.9. The van der Waals surface area contributed by atoms with Crippen LogP contribution in [0, 0.1) is 11.3 Å². The van der Waals surface area contributed by atoms with E-state index in [-0.39, 0.29) is 0 Å². The van der Waals surface area contributed by atoms with Gasteiger partial charge in [-0.25, -0.2) is 0 Å². The molecule has 0 N–H and O–H groups in total. The van der Waals surface area contributed by atoms with Gasteiger partial charge in [0, 0.05) is 32.8 Å². The lowest BCUT2D eigenvalue weighted by Crippen LogP contribution is -2.00. The van der Waals surface area contributed by atoms with Crippen LogP contribution in [0.15, 0.2) is 164 Å². The first-order valence-corrected chi connectivity index (χ1v) is 15.5. The average molecular weight is 586 g/mol. The molecule has 7 aromatic carbocycles. The van der Waals surface area contributed by atoms with Crippen molar-refractivity contribution in [3.05, 3.63) is 169 Å². The third-order valence-corrected chi connectivity index (χ3v) is 9.12. The Hall–Kier alpha value is -6.37. The molecule has 0 saturated heterocycles. The minimum absolute atomic E-state index is 0.621. The zero-order chi connectivity index (χ0) is 30.6. The van der Waals surface area contributed by atoms with E-state index in [1.54, 1.807) is 0 Å². The second kappa shape index (κ2) is 10.4. The smallest absolute Gasteiger partial charge is 0.0992 e. The first-order chi connectivity index (χ1) is 22.8.